The molecular weight excluding hydrogens is 346 g/mol. The Morgan fingerprint density at radius 3 is 2.07 bits per heavy atom. The Hall–Kier alpha value is -3.35. The van der Waals surface area contributed by atoms with Crippen molar-refractivity contribution in [3.05, 3.63) is 59.7 Å². The van der Waals surface area contributed by atoms with Crippen LogP contribution in [0.1, 0.15) is 41.5 Å². The standard InChI is InChI=1S/C20H23N3O4/c1-20(2,3)19(26)23-22-18(25)15-7-5-6-8-16(15)21-17(24)13-9-11-14(27-4)12-10-13/h5-12H,1-4H3,(H,21,24)(H,22,25)(H,23,26). The maximum absolute atomic E-state index is 12.4. The van der Waals surface area contributed by atoms with Crippen LogP contribution in [0, 0.1) is 5.41 Å². The molecule has 7 heteroatoms. The zero-order valence-electron chi connectivity index (χ0n) is 15.8. The lowest BCUT2D eigenvalue weighted by molar-refractivity contribution is -0.129. The first-order valence-electron chi connectivity index (χ1n) is 8.37. The van der Waals surface area contributed by atoms with E-state index in [1.165, 1.54) is 0 Å². The summed E-state index contributed by atoms with van der Waals surface area (Å²) in [6, 6.07) is 13.1. The Kier molecular flexibility index (Phi) is 6.18. The molecule has 0 aliphatic heterocycles. The number of rotatable bonds is 4. The fraction of sp³-hybridized carbons (Fsp3) is 0.250. The maximum atomic E-state index is 12.4. The van der Waals surface area contributed by atoms with Crippen LogP contribution in [-0.4, -0.2) is 24.8 Å². The number of ether oxygens (including phenoxy) is 1. The predicted molar refractivity (Wildman–Crippen MR) is 102 cm³/mol. The van der Waals surface area contributed by atoms with Gasteiger partial charge in [-0.1, -0.05) is 32.9 Å². The van der Waals surface area contributed by atoms with Crippen LogP contribution in [-0.2, 0) is 4.79 Å². The fourth-order valence-corrected chi connectivity index (χ4v) is 2.10. The Balaban J connectivity index is 2.11. The second kappa shape index (κ2) is 8.35. The van der Waals surface area contributed by atoms with Crippen molar-refractivity contribution in [2.24, 2.45) is 5.41 Å². The summed E-state index contributed by atoms with van der Waals surface area (Å²) in [7, 11) is 1.54. The highest BCUT2D eigenvalue weighted by atomic mass is 16.5. The van der Waals surface area contributed by atoms with Crippen molar-refractivity contribution in [1.29, 1.82) is 0 Å². The normalized spacial score (nSPS) is 10.7. The largest absolute Gasteiger partial charge is 0.497 e. The van der Waals surface area contributed by atoms with Gasteiger partial charge in [-0.05, 0) is 36.4 Å². The molecule has 2 aromatic rings. The third-order valence-corrected chi connectivity index (χ3v) is 3.74. The van der Waals surface area contributed by atoms with Gasteiger partial charge in [0.05, 0.1) is 18.4 Å². The molecule has 0 radical (unpaired) electrons. The molecule has 0 heterocycles. The van der Waals surface area contributed by atoms with Crippen LogP contribution < -0.4 is 20.9 Å². The molecule has 0 aliphatic carbocycles. The summed E-state index contributed by atoms with van der Waals surface area (Å²) >= 11 is 0. The first-order valence-corrected chi connectivity index (χ1v) is 8.37. The lowest BCUT2D eigenvalue weighted by Crippen LogP contribution is -2.46. The SMILES string of the molecule is COc1ccc(C(=O)Nc2ccccc2C(=O)NNC(=O)C(C)(C)C)cc1. The minimum absolute atomic E-state index is 0.230. The summed E-state index contributed by atoms with van der Waals surface area (Å²) in [6.07, 6.45) is 0. The molecule has 0 unspecified atom stereocenters. The van der Waals surface area contributed by atoms with Gasteiger partial charge < -0.3 is 10.1 Å². The second-order valence-corrected chi connectivity index (χ2v) is 6.89. The number of para-hydroxylation sites is 1. The zero-order chi connectivity index (χ0) is 20.0. The van der Waals surface area contributed by atoms with E-state index in [9.17, 15) is 14.4 Å². The van der Waals surface area contributed by atoms with Crippen LogP contribution in [0.2, 0.25) is 0 Å². The number of benzene rings is 2. The van der Waals surface area contributed by atoms with E-state index < -0.39 is 11.3 Å². The quantitative estimate of drug-likeness (QED) is 0.722. The van der Waals surface area contributed by atoms with Gasteiger partial charge in [0.25, 0.3) is 11.8 Å². The van der Waals surface area contributed by atoms with Crippen LogP contribution in [0.5, 0.6) is 5.75 Å². The highest BCUT2D eigenvalue weighted by molar-refractivity contribution is 6.09. The molecule has 27 heavy (non-hydrogen) atoms. The van der Waals surface area contributed by atoms with Gasteiger partial charge in [0.1, 0.15) is 5.75 Å². The molecular formula is C20H23N3O4. The van der Waals surface area contributed by atoms with Crippen LogP contribution in [0.3, 0.4) is 0 Å². The van der Waals surface area contributed by atoms with E-state index in [1.807, 2.05) is 0 Å². The monoisotopic (exact) mass is 369 g/mol. The second-order valence-electron chi connectivity index (χ2n) is 6.89. The first kappa shape index (κ1) is 20.0. The first-order chi connectivity index (χ1) is 12.7. The van der Waals surface area contributed by atoms with E-state index in [4.69, 9.17) is 4.74 Å². The van der Waals surface area contributed by atoms with Crippen molar-refractivity contribution < 1.29 is 19.1 Å². The molecule has 0 saturated heterocycles. The summed E-state index contributed by atoms with van der Waals surface area (Å²) in [5.41, 5.74) is 5.09. The minimum Gasteiger partial charge on any atom is -0.497 e. The number of amides is 3. The summed E-state index contributed by atoms with van der Waals surface area (Å²) in [5, 5.41) is 2.71. The van der Waals surface area contributed by atoms with Gasteiger partial charge in [-0.3, -0.25) is 25.2 Å². The Bertz CT molecular complexity index is 839. The molecule has 7 nitrogen and oxygen atoms in total. The maximum Gasteiger partial charge on any atom is 0.271 e. The van der Waals surface area contributed by atoms with E-state index in [0.29, 0.717) is 17.0 Å². The van der Waals surface area contributed by atoms with Crippen molar-refractivity contribution in [2.45, 2.75) is 20.8 Å². The zero-order valence-corrected chi connectivity index (χ0v) is 15.8. The lowest BCUT2D eigenvalue weighted by atomic mass is 9.96. The topological polar surface area (TPSA) is 96.5 Å². The predicted octanol–water partition coefficient (Wildman–Crippen LogP) is 2.75. The van der Waals surface area contributed by atoms with Gasteiger partial charge in [-0.15, -0.1) is 0 Å². The molecule has 0 atom stereocenters. The molecule has 3 N–H and O–H groups in total. The van der Waals surface area contributed by atoms with Crippen molar-refractivity contribution in [1.82, 2.24) is 10.9 Å². The molecule has 0 bridgehead atoms. The molecule has 0 aromatic heterocycles. The van der Waals surface area contributed by atoms with E-state index >= 15 is 0 Å². The smallest absolute Gasteiger partial charge is 0.271 e. The van der Waals surface area contributed by atoms with Crippen molar-refractivity contribution >= 4 is 23.4 Å². The average Bonchev–Trinajstić information content (AvgIpc) is 2.65. The molecule has 2 aromatic carbocycles. The Labute approximate surface area is 158 Å². The van der Waals surface area contributed by atoms with Crippen LogP contribution in [0.25, 0.3) is 0 Å². The Morgan fingerprint density at radius 1 is 0.852 bits per heavy atom. The number of hydrazine groups is 1. The van der Waals surface area contributed by atoms with Crippen LogP contribution in [0.4, 0.5) is 5.69 Å². The third kappa shape index (κ3) is 5.31. The summed E-state index contributed by atoms with van der Waals surface area (Å²) in [6.45, 7) is 5.20. The van der Waals surface area contributed by atoms with Crippen molar-refractivity contribution in [2.75, 3.05) is 12.4 Å². The number of hydrogen-bond acceptors (Lipinski definition) is 4. The van der Waals surface area contributed by atoms with Gasteiger partial charge in [-0.25, -0.2) is 0 Å². The highest BCUT2D eigenvalue weighted by Crippen LogP contribution is 2.18. The number of nitrogens with one attached hydrogen (secondary N) is 3. The number of carbonyl (C=O) groups is 3. The molecule has 0 aliphatic rings. The van der Waals surface area contributed by atoms with Crippen molar-refractivity contribution in [3.63, 3.8) is 0 Å². The van der Waals surface area contributed by atoms with Gasteiger partial charge in [0.2, 0.25) is 5.91 Å². The summed E-state index contributed by atoms with van der Waals surface area (Å²) in [5.74, 6) is -0.577. The minimum atomic E-state index is -0.643. The molecule has 2 rings (SSSR count). The summed E-state index contributed by atoms with van der Waals surface area (Å²) < 4.78 is 5.07. The molecule has 3 amide bonds. The van der Waals surface area contributed by atoms with E-state index in [1.54, 1.807) is 76.4 Å². The van der Waals surface area contributed by atoms with Gasteiger partial charge >= 0.3 is 0 Å². The van der Waals surface area contributed by atoms with Gasteiger partial charge in [0, 0.05) is 11.0 Å². The molecule has 0 spiro atoms. The molecule has 0 fully saturated rings. The highest BCUT2D eigenvalue weighted by Gasteiger charge is 2.22. The third-order valence-electron chi connectivity index (χ3n) is 3.74. The molecule has 142 valence electrons. The number of hydrogen-bond donors (Lipinski definition) is 3. The van der Waals surface area contributed by atoms with Crippen LogP contribution >= 0.6 is 0 Å². The van der Waals surface area contributed by atoms with Crippen molar-refractivity contribution in [3.8, 4) is 5.75 Å². The van der Waals surface area contributed by atoms with Gasteiger partial charge in [0.15, 0.2) is 0 Å². The van der Waals surface area contributed by atoms with E-state index in [0.717, 1.165) is 0 Å². The number of methoxy groups -OCH3 is 1. The number of anilines is 1. The van der Waals surface area contributed by atoms with E-state index in [2.05, 4.69) is 16.2 Å². The van der Waals surface area contributed by atoms with Gasteiger partial charge in [-0.2, -0.15) is 0 Å². The Morgan fingerprint density at radius 2 is 1.48 bits per heavy atom. The van der Waals surface area contributed by atoms with E-state index in [-0.39, 0.29) is 17.4 Å². The molecule has 0 saturated carbocycles. The fourth-order valence-electron chi connectivity index (χ4n) is 2.10. The number of carbonyl (C=O) groups excluding carboxylic acids is 3. The van der Waals surface area contributed by atoms with Crippen LogP contribution in [0.15, 0.2) is 48.5 Å². The lowest BCUT2D eigenvalue weighted by Gasteiger charge is -2.18. The average molecular weight is 369 g/mol. The summed E-state index contributed by atoms with van der Waals surface area (Å²) in [4.78, 5) is 36.7.